The Morgan fingerprint density at radius 1 is 1.29 bits per heavy atom. The van der Waals surface area contributed by atoms with Gasteiger partial charge in [-0.25, -0.2) is 0 Å². The third-order valence-electron chi connectivity index (χ3n) is 2.67. The minimum absolute atomic E-state index is 0.238. The average Bonchev–Trinajstić information content (AvgIpc) is 2.47. The Morgan fingerprint density at radius 2 is 1.95 bits per heavy atom. The molecule has 1 aromatic carbocycles. The van der Waals surface area contributed by atoms with Crippen molar-refractivity contribution in [2.45, 2.75) is 19.9 Å². The molecule has 0 radical (unpaired) electrons. The summed E-state index contributed by atoms with van der Waals surface area (Å²) < 4.78 is 5.27. The van der Waals surface area contributed by atoms with Gasteiger partial charge in [-0.2, -0.15) is 0 Å². The molecule has 0 aliphatic heterocycles. The van der Waals surface area contributed by atoms with Crippen LogP contribution in [-0.2, 0) is 9.53 Å². The van der Waals surface area contributed by atoms with Crippen molar-refractivity contribution >= 4 is 11.8 Å². The molecular formula is C16H22N2O3. The smallest absolute Gasteiger partial charge is 0.251 e. The van der Waals surface area contributed by atoms with Crippen LogP contribution in [0.2, 0.25) is 0 Å². The number of nitrogens with one attached hydrogen (secondary N) is 2. The summed E-state index contributed by atoms with van der Waals surface area (Å²) in [6.07, 6.45) is 0. The normalized spacial score (nSPS) is 11.5. The number of carbonyl (C=O) groups is 2. The molecule has 0 spiro atoms. The van der Waals surface area contributed by atoms with Crippen molar-refractivity contribution in [1.82, 2.24) is 10.6 Å². The molecule has 0 heterocycles. The molecule has 0 fully saturated rings. The van der Waals surface area contributed by atoms with Gasteiger partial charge in [-0.3, -0.25) is 9.59 Å². The van der Waals surface area contributed by atoms with Gasteiger partial charge in [0.25, 0.3) is 5.91 Å². The summed E-state index contributed by atoms with van der Waals surface area (Å²) in [5, 5.41) is 5.35. The predicted octanol–water partition coefficient (Wildman–Crippen LogP) is 1.51. The second-order valence-electron chi connectivity index (χ2n) is 4.86. The van der Waals surface area contributed by atoms with Crippen LogP contribution in [0.4, 0.5) is 0 Å². The highest BCUT2D eigenvalue weighted by molar-refractivity contribution is 5.97. The SMILES string of the molecule is C=C(C)COCCNC(=O)C(C)NC(=O)c1ccccc1. The van der Waals surface area contributed by atoms with Gasteiger partial charge in [-0.1, -0.05) is 30.4 Å². The molecule has 5 heteroatoms. The van der Waals surface area contributed by atoms with Gasteiger partial charge in [0.15, 0.2) is 0 Å². The number of ether oxygens (including phenoxy) is 1. The maximum atomic E-state index is 11.9. The summed E-state index contributed by atoms with van der Waals surface area (Å²) in [7, 11) is 0. The molecule has 0 saturated carbocycles. The number of benzene rings is 1. The van der Waals surface area contributed by atoms with Gasteiger partial charge < -0.3 is 15.4 Å². The Hall–Kier alpha value is -2.14. The highest BCUT2D eigenvalue weighted by Crippen LogP contribution is 1.98. The van der Waals surface area contributed by atoms with Gasteiger partial charge >= 0.3 is 0 Å². The Kier molecular flexibility index (Phi) is 7.18. The minimum atomic E-state index is -0.598. The lowest BCUT2D eigenvalue weighted by Crippen LogP contribution is -2.45. The van der Waals surface area contributed by atoms with E-state index in [2.05, 4.69) is 17.2 Å². The standard InChI is InChI=1S/C16H22N2O3/c1-12(2)11-21-10-9-17-15(19)13(3)18-16(20)14-7-5-4-6-8-14/h4-8,13H,1,9-11H2,2-3H3,(H,17,19)(H,18,20). The van der Waals surface area contributed by atoms with Crippen molar-refractivity contribution in [2.75, 3.05) is 19.8 Å². The van der Waals surface area contributed by atoms with Crippen molar-refractivity contribution in [3.8, 4) is 0 Å². The van der Waals surface area contributed by atoms with E-state index in [9.17, 15) is 9.59 Å². The van der Waals surface area contributed by atoms with Crippen LogP contribution in [-0.4, -0.2) is 37.6 Å². The van der Waals surface area contributed by atoms with Gasteiger partial charge in [0.1, 0.15) is 6.04 Å². The maximum Gasteiger partial charge on any atom is 0.251 e. The first kappa shape index (κ1) is 16.9. The zero-order valence-corrected chi connectivity index (χ0v) is 12.5. The van der Waals surface area contributed by atoms with Crippen LogP contribution in [0, 0.1) is 0 Å². The predicted molar refractivity (Wildman–Crippen MR) is 82.0 cm³/mol. The fourth-order valence-electron chi connectivity index (χ4n) is 1.58. The molecule has 0 aromatic heterocycles. The molecule has 1 atom stereocenters. The summed E-state index contributed by atoms with van der Waals surface area (Å²) in [4.78, 5) is 23.7. The fraction of sp³-hybridized carbons (Fsp3) is 0.375. The molecule has 0 aliphatic rings. The third-order valence-corrected chi connectivity index (χ3v) is 2.67. The minimum Gasteiger partial charge on any atom is -0.375 e. The van der Waals surface area contributed by atoms with Crippen molar-refractivity contribution in [1.29, 1.82) is 0 Å². The first-order chi connectivity index (χ1) is 10.0. The lowest BCUT2D eigenvalue weighted by molar-refractivity contribution is -0.122. The van der Waals surface area contributed by atoms with Gasteiger partial charge in [0, 0.05) is 12.1 Å². The highest BCUT2D eigenvalue weighted by atomic mass is 16.5. The maximum absolute atomic E-state index is 11.9. The molecular weight excluding hydrogens is 268 g/mol. The van der Waals surface area contributed by atoms with Gasteiger partial charge in [-0.05, 0) is 26.0 Å². The van der Waals surface area contributed by atoms with E-state index in [4.69, 9.17) is 4.74 Å². The molecule has 1 rings (SSSR count). The monoisotopic (exact) mass is 290 g/mol. The van der Waals surface area contributed by atoms with Crippen LogP contribution in [0.1, 0.15) is 24.2 Å². The Bertz CT molecular complexity index is 486. The van der Waals surface area contributed by atoms with E-state index >= 15 is 0 Å². The molecule has 2 N–H and O–H groups in total. The van der Waals surface area contributed by atoms with Crippen LogP contribution in [0.3, 0.4) is 0 Å². The third kappa shape index (κ3) is 6.72. The second kappa shape index (κ2) is 8.92. The van der Waals surface area contributed by atoms with E-state index in [1.807, 2.05) is 13.0 Å². The Morgan fingerprint density at radius 3 is 2.57 bits per heavy atom. The zero-order valence-electron chi connectivity index (χ0n) is 12.5. The molecule has 0 bridgehead atoms. The molecule has 0 saturated heterocycles. The molecule has 1 unspecified atom stereocenters. The van der Waals surface area contributed by atoms with Crippen LogP contribution in [0.25, 0.3) is 0 Å². The lowest BCUT2D eigenvalue weighted by atomic mass is 10.2. The van der Waals surface area contributed by atoms with Crippen LogP contribution in [0.15, 0.2) is 42.5 Å². The van der Waals surface area contributed by atoms with E-state index in [1.54, 1.807) is 31.2 Å². The topological polar surface area (TPSA) is 67.4 Å². The number of carbonyl (C=O) groups excluding carboxylic acids is 2. The van der Waals surface area contributed by atoms with Crippen molar-refractivity contribution in [3.05, 3.63) is 48.0 Å². The Balaban J connectivity index is 2.28. The van der Waals surface area contributed by atoms with Crippen LogP contribution >= 0.6 is 0 Å². The first-order valence-corrected chi connectivity index (χ1v) is 6.86. The summed E-state index contributed by atoms with van der Waals surface area (Å²) >= 11 is 0. The van der Waals surface area contributed by atoms with Gasteiger partial charge in [0.2, 0.25) is 5.91 Å². The Labute approximate surface area is 125 Å². The van der Waals surface area contributed by atoms with E-state index in [-0.39, 0.29) is 11.8 Å². The van der Waals surface area contributed by atoms with E-state index < -0.39 is 6.04 Å². The first-order valence-electron chi connectivity index (χ1n) is 6.86. The molecule has 0 aliphatic carbocycles. The van der Waals surface area contributed by atoms with E-state index in [0.29, 0.717) is 25.3 Å². The molecule has 2 amide bonds. The summed E-state index contributed by atoms with van der Waals surface area (Å²) in [6, 6.07) is 8.19. The van der Waals surface area contributed by atoms with Crippen molar-refractivity contribution < 1.29 is 14.3 Å². The summed E-state index contributed by atoms with van der Waals surface area (Å²) in [5.74, 6) is -0.505. The fourth-order valence-corrected chi connectivity index (χ4v) is 1.58. The number of hydrogen-bond acceptors (Lipinski definition) is 3. The van der Waals surface area contributed by atoms with Crippen molar-refractivity contribution in [2.24, 2.45) is 0 Å². The van der Waals surface area contributed by atoms with Crippen LogP contribution < -0.4 is 10.6 Å². The largest absolute Gasteiger partial charge is 0.375 e. The van der Waals surface area contributed by atoms with Gasteiger partial charge in [-0.15, -0.1) is 0 Å². The summed E-state index contributed by atoms with van der Waals surface area (Å²) in [6.45, 7) is 8.53. The van der Waals surface area contributed by atoms with Crippen molar-refractivity contribution in [3.63, 3.8) is 0 Å². The van der Waals surface area contributed by atoms with E-state index in [0.717, 1.165) is 5.57 Å². The number of amides is 2. The summed E-state index contributed by atoms with van der Waals surface area (Å²) in [5.41, 5.74) is 1.46. The number of hydrogen-bond donors (Lipinski definition) is 2. The molecule has 21 heavy (non-hydrogen) atoms. The average molecular weight is 290 g/mol. The van der Waals surface area contributed by atoms with Crippen LogP contribution in [0.5, 0.6) is 0 Å². The highest BCUT2D eigenvalue weighted by Gasteiger charge is 2.15. The van der Waals surface area contributed by atoms with E-state index in [1.165, 1.54) is 0 Å². The van der Waals surface area contributed by atoms with Gasteiger partial charge in [0.05, 0.1) is 13.2 Å². The lowest BCUT2D eigenvalue weighted by Gasteiger charge is -2.14. The molecule has 114 valence electrons. The quantitative estimate of drug-likeness (QED) is 0.563. The molecule has 5 nitrogen and oxygen atoms in total. The number of rotatable bonds is 8. The molecule has 1 aromatic rings. The zero-order chi connectivity index (χ0) is 15.7. The second-order valence-corrected chi connectivity index (χ2v) is 4.86.